The first-order chi connectivity index (χ1) is 18.5. The molecule has 2 saturated carbocycles. The maximum absolute atomic E-state index is 13.7. The Labute approximate surface area is 233 Å². The van der Waals surface area contributed by atoms with Crippen molar-refractivity contribution in [3.63, 3.8) is 0 Å². The zero-order valence-electron chi connectivity index (χ0n) is 23.1. The van der Waals surface area contributed by atoms with Gasteiger partial charge in [-0.15, -0.1) is 11.3 Å². The Morgan fingerprint density at radius 1 is 1.13 bits per heavy atom. The average Bonchev–Trinajstić information content (AvgIpc) is 3.28. The highest BCUT2D eigenvalue weighted by molar-refractivity contribution is 7.11. The van der Waals surface area contributed by atoms with Gasteiger partial charge >= 0.3 is 5.97 Å². The largest absolute Gasteiger partial charge is 0.480 e. The van der Waals surface area contributed by atoms with Crippen LogP contribution in [0.1, 0.15) is 69.0 Å². The van der Waals surface area contributed by atoms with E-state index in [0.29, 0.717) is 37.0 Å². The molecule has 0 aromatic carbocycles. The van der Waals surface area contributed by atoms with Crippen molar-refractivity contribution in [1.82, 2.24) is 20.1 Å². The second kappa shape index (κ2) is 10.8. The number of thiazole rings is 1. The van der Waals surface area contributed by atoms with Gasteiger partial charge in [-0.3, -0.25) is 19.4 Å². The monoisotopic (exact) mass is 560 g/mol. The third-order valence-corrected chi connectivity index (χ3v) is 10.1. The Morgan fingerprint density at radius 2 is 1.79 bits per heavy atom. The molecule has 4 aliphatic rings. The van der Waals surface area contributed by atoms with Gasteiger partial charge < -0.3 is 25.0 Å². The van der Waals surface area contributed by atoms with Crippen LogP contribution in [0.4, 0.5) is 0 Å². The molecule has 1 aromatic heterocycles. The van der Waals surface area contributed by atoms with Crippen molar-refractivity contribution in [2.24, 2.45) is 28.6 Å². The van der Waals surface area contributed by atoms with Crippen LogP contribution >= 0.6 is 11.3 Å². The van der Waals surface area contributed by atoms with Gasteiger partial charge in [0.1, 0.15) is 4.88 Å². The first-order valence-electron chi connectivity index (χ1n) is 14.1. The molecule has 2 aliphatic carbocycles. The van der Waals surface area contributed by atoms with E-state index in [0.717, 1.165) is 19.3 Å². The molecular weight excluding hydrogens is 520 g/mol. The lowest BCUT2D eigenvalue weighted by Crippen LogP contribution is -2.65. The molecule has 1 spiro atoms. The van der Waals surface area contributed by atoms with E-state index in [1.165, 1.54) is 36.8 Å². The Bertz CT molecular complexity index is 1100. The average molecular weight is 561 g/mol. The van der Waals surface area contributed by atoms with E-state index in [1.54, 1.807) is 22.2 Å². The molecular formula is C28H40N4O6S. The summed E-state index contributed by atoms with van der Waals surface area (Å²) in [5.74, 6) is -1.86. The zero-order chi connectivity index (χ0) is 27.9. The Kier molecular flexibility index (Phi) is 7.76. The molecule has 3 amide bonds. The number of carbonyl (C=O) groups excluding carboxylic acids is 3. The molecule has 10 nitrogen and oxygen atoms in total. The first kappa shape index (κ1) is 28.0. The SMILES string of the molecule is C[C@@H](OCC1CCCCC1)[C@H](NC(=O)[C@@H]1CN(C(=O)c2cncs2)CC12CN(C(=O)[C@H]1CC1(C)C)C2)C(=O)O. The van der Waals surface area contributed by atoms with Crippen LogP contribution in [0, 0.1) is 28.6 Å². The van der Waals surface area contributed by atoms with E-state index in [9.17, 15) is 24.3 Å². The number of hydrogen-bond donors (Lipinski definition) is 2. The number of carboxylic acids is 1. The van der Waals surface area contributed by atoms with Gasteiger partial charge in [-0.25, -0.2) is 4.79 Å². The molecule has 0 radical (unpaired) electrons. The van der Waals surface area contributed by atoms with Crippen molar-refractivity contribution < 1.29 is 29.0 Å². The molecule has 39 heavy (non-hydrogen) atoms. The van der Waals surface area contributed by atoms with Gasteiger partial charge in [0.2, 0.25) is 11.8 Å². The fraction of sp³-hybridized carbons (Fsp3) is 0.750. The maximum atomic E-state index is 13.7. The van der Waals surface area contributed by atoms with Gasteiger partial charge in [-0.1, -0.05) is 33.1 Å². The summed E-state index contributed by atoms with van der Waals surface area (Å²) >= 11 is 1.24. The smallest absolute Gasteiger partial charge is 0.328 e. The molecule has 0 unspecified atom stereocenters. The molecule has 2 saturated heterocycles. The summed E-state index contributed by atoms with van der Waals surface area (Å²) in [7, 11) is 0. The number of rotatable bonds is 9. The highest BCUT2D eigenvalue weighted by Gasteiger charge is 2.62. The number of aromatic nitrogens is 1. The number of ether oxygens (including phenoxy) is 1. The van der Waals surface area contributed by atoms with Crippen LogP contribution in [-0.2, 0) is 19.1 Å². The number of nitrogens with one attached hydrogen (secondary N) is 1. The molecule has 2 aliphatic heterocycles. The molecule has 4 atom stereocenters. The highest BCUT2D eigenvalue weighted by Crippen LogP contribution is 2.54. The predicted molar refractivity (Wildman–Crippen MR) is 144 cm³/mol. The van der Waals surface area contributed by atoms with E-state index < -0.39 is 35.4 Å². The van der Waals surface area contributed by atoms with Crippen molar-refractivity contribution in [1.29, 1.82) is 0 Å². The van der Waals surface area contributed by atoms with Gasteiger partial charge in [-0.2, -0.15) is 0 Å². The minimum atomic E-state index is -1.20. The second-order valence-electron chi connectivity index (χ2n) is 12.8. The van der Waals surface area contributed by atoms with Crippen LogP contribution in [-0.4, -0.2) is 88.5 Å². The van der Waals surface area contributed by atoms with Crippen molar-refractivity contribution >= 4 is 35.0 Å². The Balaban J connectivity index is 1.27. The normalized spacial score (nSPS) is 27.1. The van der Waals surface area contributed by atoms with Crippen molar-refractivity contribution in [3.05, 3.63) is 16.6 Å². The van der Waals surface area contributed by atoms with Gasteiger partial charge in [0.05, 0.1) is 23.7 Å². The van der Waals surface area contributed by atoms with E-state index in [1.807, 2.05) is 0 Å². The van der Waals surface area contributed by atoms with Crippen molar-refractivity contribution in [2.75, 3.05) is 32.8 Å². The second-order valence-corrected chi connectivity index (χ2v) is 13.7. The van der Waals surface area contributed by atoms with Crippen LogP contribution in [0.5, 0.6) is 0 Å². The van der Waals surface area contributed by atoms with Crippen molar-refractivity contribution in [3.8, 4) is 0 Å². The number of carbonyl (C=O) groups is 4. The number of aliphatic carboxylic acids is 1. The number of hydrogen-bond acceptors (Lipinski definition) is 7. The molecule has 214 valence electrons. The Morgan fingerprint density at radius 3 is 2.38 bits per heavy atom. The molecule has 0 bridgehead atoms. The van der Waals surface area contributed by atoms with Crippen LogP contribution in [0.3, 0.4) is 0 Å². The maximum Gasteiger partial charge on any atom is 0.328 e. The summed E-state index contributed by atoms with van der Waals surface area (Å²) in [4.78, 5) is 60.0. The summed E-state index contributed by atoms with van der Waals surface area (Å²) in [6.07, 6.45) is 7.40. The highest BCUT2D eigenvalue weighted by atomic mass is 32.1. The summed E-state index contributed by atoms with van der Waals surface area (Å²) in [6.45, 7) is 7.61. The van der Waals surface area contributed by atoms with Gasteiger partial charge in [-0.05, 0) is 37.5 Å². The molecule has 3 heterocycles. The first-order valence-corrected chi connectivity index (χ1v) is 15.0. The van der Waals surface area contributed by atoms with Gasteiger partial charge in [0.25, 0.3) is 5.91 Å². The van der Waals surface area contributed by atoms with Gasteiger partial charge in [0, 0.05) is 44.1 Å². The number of likely N-dealkylation sites (tertiary alicyclic amines) is 2. The van der Waals surface area contributed by atoms with E-state index in [-0.39, 0.29) is 29.7 Å². The number of carboxylic acid groups (broad SMARTS) is 1. The lowest BCUT2D eigenvalue weighted by Gasteiger charge is -2.50. The fourth-order valence-corrected chi connectivity index (χ4v) is 7.22. The van der Waals surface area contributed by atoms with Crippen LogP contribution in [0.15, 0.2) is 11.7 Å². The summed E-state index contributed by atoms with van der Waals surface area (Å²) < 4.78 is 5.95. The lowest BCUT2D eigenvalue weighted by atomic mass is 9.70. The van der Waals surface area contributed by atoms with E-state index in [4.69, 9.17) is 4.74 Å². The summed E-state index contributed by atoms with van der Waals surface area (Å²) in [5, 5.41) is 12.7. The van der Waals surface area contributed by atoms with Crippen LogP contribution < -0.4 is 5.32 Å². The lowest BCUT2D eigenvalue weighted by molar-refractivity contribution is -0.153. The standard InChI is InChI=1S/C28H40N4O6S/c1-17(38-12-18-7-5-4-6-8-18)22(26(36)37)30-23(33)20-11-31(25(35)21-10-29-16-39-21)13-28(20)14-32(15-28)24(34)19-9-27(19,2)3/h10,16-20,22H,4-9,11-15H2,1-3H3,(H,30,33)(H,36,37)/t17-,19-,20+,22+/m1/s1. The summed E-state index contributed by atoms with van der Waals surface area (Å²) in [6, 6.07) is -1.20. The molecule has 2 N–H and O–H groups in total. The quantitative estimate of drug-likeness (QED) is 0.475. The fourth-order valence-electron chi connectivity index (χ4n) is 6.63. The topological polar surface area (TPSA) is 129 Å². The van der Waals surface area contributed by atoms with Gasteiger partial charge in [0.15, 0.2) is 6.04 Å². The van der Waals surface area contributed by atoms with Crippen LogP contribution in [0.2, 0.25) is 0 Å². The van der Waals surface area contributed by atoms with E-state index in [2.05, 4.69) is 24.1 Å². The van der Waals surface area contributed by atoms with E-state index >= 15 is 0 Å². The third kappa shape index (κ3) is 5.70. The molecule has 11 heteroatoms. The minimum absolute atomic E-state index is 0.00277. The predicted octanol–water partition coefficient (Wildman–Crippen LogP) is 2.64. The number of nitrogens with zero attached hydrogens (tertiary/aromatic N) is 3. The molecule has 4 fully saturated rings. The Hall–Kier alpha value is -2.53. The zero-order valence-corrected chi connectivity index (χ0v) is 23.9. The minimum Gasteiger partial charge on any atom is -0.480 e. The third-order valence-electron chi connectivity index (χ3n) is 9.38. The molecule has 1 aromatic rings. The molecule has 5 rings (SSSR count). The summed E-state index contributed by atoms with van der Waals surface area (Å²) in [5.41, 5.74) is 0.994. The van der Waals surface area contributed by atoms with Crippen molar-refractivity contribution in [2.45, 2.75) is 71.4 Å². The number of amides is 3. The van der Waals surface area contributed by atoms with Crippen LogP contribution in [0.25, 0.3) is 0 Å².